The number of hydrogen-bond acceptors (Lipinski definition) is 5. The van der Waals surface area contributed by atoms with Gasteiger partial charge in [0.2, 0.25) is 0 Å². The second-order valence-corrected chi connectivity index (χ2v) is 7.95. The molecule has 0 bridgehead atoms. The Morgan fingerprint density at radius 1 is 1.18 bits per heavy atom. The largest absolute Gasteiger partial charge is 0.506 e. The first kappa shape index (κ1) is 20.7. The highest BCUT2D eigenvalue weighted by Crippen LogP contribution is 2.39. The summed E-state index contributed by atoms with van der Waals surface area (Å²) in [6, 6.07) is 17.6. The van der Waals surface area contributed by atoms with Crippen LogP contribution in [0, 0.1) is 17.1 Å². The Hall–Kier alpha value is -4.15. The monoisotopic (exact) mass is 441 g/mol. The molecule has 1 aliphatic heterocycles. The van der Waals surface area contributed by atoms with Crippen LogP contribution < -0.4 is 4.74 Å². The van der Waals surface area contributed by atoms with Gasteiger partial charge in [0.1, 0.15) is 41.9 Å². The van der Waals surface area contributed by atoms with E-state index in [1.807, 2.05) is 28.8 Å². The number of phenolic OH excluding ortho intramolecular Hbond substituents is 1. The molecule has 5 rings (SSSR count). The van der Waals surface area contributed by atoms with Crippen LogP contribution in [0.4, 0.5) is 4.39 Å². The molecule has 0 amide bonds. The Labute approximate surface area is 189 Å². The van der Waals surface area contributed by atoms with Crippen molar-refractivity contribution in [2.75, 3.05) is 0 Å². The second kappa shape index (κ2) is 8.08. The minimum atomic E-state index is -0.402. The van der Waals surface area contributed by atoms with Gasteiger partial charge in [0, 0.05) is 29.3 Å². The van der Waals surface area contributed by atoms with E-state index in [0.717, 1.165) is 22.3 Å². The molecule has 0 spiro atoms. The molecule has 6 nitrogen and oxygen atoms in total. The summed E-state index contributed by atoms with van der Waals surface area (Å²) in [5, 5.41) is 29.6. The third-order valence-corrected chi connectivity index (χ3v) is 5.90. The second-order valence-electron chi connectivity index (χ2n) is 7.95. The summed E-state index contributed by atoms with van der Waals surface area (Å²) in [6.07, 6.45) is 0. The average molecular weight is 441 g/mol. The van der Waals surface area contributed by atoms with E-state index in [1.165, 1.54) is 12.1 Å². The van der Waals surface area contributed by atoms with Crippen molar-refractivity contribution in [3.63, 3.8) is 0 Å². The lowest BCUT2D eigenvalue weighted by Crippen LogP contribution is -2.06. The van der Waals surface area contributed by atoms with Crippen LogP contribution in [-0.4, -0.2) is 19.8 Å². The molecule has 0 unspecified atom stereocenters. The smallest absolute Gasteiger partial charge is 0.143 e. The normalized spacial score (nSPS) is 14.1. The van der Waals surface area contributed by atoms with Crippen LogP contribution in [0.1, 0.15) is 35.0 Å². The fourth-order valence-corrected chi connectivity index (χ4v) is 4.35. The number of aliphatic hydroxyl groups excluding tert-OH is 1. The van der Waals surface area contributed by atoms with Gasteiger partial charge in [0.15, 0.2) is 0 Å². The highest BCUT2D eigenvalue weighted by Gasteiger charge is 2.22. The van der Waals surface area contributed by atoms with Gasteiger partial charge in [-0.3, -0.25) is 0 Å². The molecule has 0 atom stereocenters. The first-order valence-corrected chi connectivity index (χ1v) is 10.4. The quantitative estimate of drug-likeness (QED) is 0.451. The number of phenols is 1. The number of nitriles is 1. The zero-order valence-corrected chi connectivity index (χ0v) is 17.8. The Morgan fingerprint density at radius 2 is 2.00 bits per heavy atom. The van der Waals surface area contributed by atoms with E-state index in [1.54, 1.807) is 25.1 Å². The topological polar surface area (TPSA) is 91.3 Å². The van der Waals surface area contributed by atoms with Crippen LogP contribution in [0.25, 0.3) is 16.6 Å². The Bertz CT molecular complexity index is 1480. The van der Waals surface area contributed by atoms with Gasteiger partial charge in [0.05, 0.1) is 11.6 Å². The minimum Gasteiger partial charge on any atom is -0.506 e. The standard InChI is InChI=1S/C26H20FN3O3/c1-15(11-28)25-19-7-5-16(9-17(19)14-33-23-10-18(27)6-8-20(23)25)12-30-21-3-2-4-22(32)26(21)29-24(30)13-31/h2-10,31-32H,12-14H2,1H3/b25-15-. The number of benzene rings is 3. The number of para-hydroxylation sites is 1. The average Bonchev–Trinajstić information content (AvgIpc) is 3.09. The number of imidazole rings is 1. The molecule has 164 valence electrons. The molecule has 0 saturated carbocycles. The van der Waals surface area contributed by atoms with Gasteiger partial charge in [0.25, 0.3) is 0 Å². The molecule has 7 heteroatoms. The van der Waals surface area contributed by atoms with Crippen LogP contribution in [0.3, 0.4) is 0 Å². The lowest BCUT2D eigenvalue weighted by Gasteiger charge is -2.14. The van der Waals surface area contributed by atoms with Crippen molar-refractivity contribution in [1.82, 2.24) is 9.55 Å². The molecule has 0 radical (unpaired) electrons. The minimum absolute atomic E-state index is 0.0584. The molecule has 1 aliphatic rings. The maximum absolute atomic E-state index is 13.9. The summed E-state index contributed by atoms with van der Waals surface area (Å²) in [5.41, 5.74) is 5.73. The van der Waals surface area contributed by atoms with E-state index in [-0.39, 0.29) is 19.0 Å². The van der Waals surface area contributed by atoms with Crippen molar-refractivity contribution in [2.24, 2.45) is 0 Å². The number of aliphatic hydroxyl groups is 1. The number of allylic oxidation sites excluding steroid dienone is 1. The summed E-state index contributed by atoms with van der Waals surface area (Å²) in [7, 11) is 0. The molecular weight excluding hydrogens is 421 g/mol. The number of halogens is 1. The molecule has 33 heavy (non-hydrogen) atoms. The zero-order valence-electron chi connectivity index (χ0n) is 17.8. The van der Waals surface area contributed by atoms with Crippen molar-refractivity contribution in [1.29, 1.82) is 5.26 Å². The van der Waals surface area contributed by atoms with Gasteiger partial charge in [-0.1, -0.05) is 18.2 Å². The van der Waals surface area contributed by atoms with Crippen molar-refractivity contribution in [3.8, 4) is 17.6 Å². The highest BCUT2D eigenvalue weighted by atomic mass is 19.1. The number of aromatic hydroxyl groups is 1. The Kier molecular flexibility index (Phi) is 5.08. The van der Waals surface area contributed by atoms with Crippen LogP contribution in [0.15, 0.2) is 60.2 Å². The van der Waals surface area contributed by atoms with Crippen molar-refractivity contribution in [2.45, 2.75) is 26.7 Å². The summed E-state index contributed by atoms with van der Waals surface area (Å²) in [4.78, 5) is 4.37. The highest BCUT2D eigenvalue weighted by molar-refractivity contribution is 5.88. The lowest BCUT2D eigenvalue weighted by molar-refractivity contribution is 0.267. The van der Waals surface area contributed by atoms with E-state index >= 15 is 0 Å². The van der Waals surface area contributed by atoms with Crippen LogP contribution in [0.2, 0.25) is 0 Å². The third-order valence-electron chi connectivity index (χ3n) is 5.90. The van der Waals surface area contributed by atoms with E-state index in [2.05, 4.69) is 11.1 Å². The predicted octanol–water partition coefficient (Wildman–Crippen LogP) is 4.66. The fourth-order valence-electron chi connectivity index (χ4n) is 4.35. The van der Waals surface area contributed by atoms with Crippen molar-refractivity contribution >= 4 is 16.6 Å². The van der Waals surface area contributed by atoms with Gasteiger partial charge >= 0.3 is 0 Å². The summed E-state index contributed by atoms with van der Waals surface area (Å²) in [5.74, 6) is 0.502. The molecule has 2 heterocycles. The van der Waals surface area contributed by atoms with Crippen molar-refractivity contribution in [3.05, 3.63) is 94.1 Å². The number of nitrogens with zero attached hydrogens (tertiary/aromatic N) is 3. The molecule has 2 N–H and O–H groups in total. The van der Waals surface area contributed by atoms with E-state index < -0.39 is 5.82 Å². The lowest BCUT2D eigenvalue weighted by atomic mass is 9.90. The summed E-state index contributed by atoms with van der Waals surface area (Å²) < 4.78 is 21.6. The van der Waals surface area contributed by atoms with Crippen LogP contribution in [-0.2, 0) is 19.8 Å². The molecule has 0 saturated heterocycles. The van der Waals surface area contributed by atoms with Crippen LogP contribution in [0.5, 0.6) is 11.5 Å². The molecule has 0 fully saturated rings. The van der Waals surface area contributed by atoms with Gasteiger partial charge in [-0.2, -0.15) is 5.26 Å². The first-order chi connectivity index (χ1) is 16.0. The van der Waals surface area contributed by atoms with Gasteiger partial charge in [-0.05, 0) is 53.9 Å². The molecule has 3 aromatic carbocycles. The number of aromatic nitrogens is 2. The summed E-state index contributed by atoms with van der Waals surface area (Å²) in [6.45, 7) is 2.11. The van der Waals surface area contributed by atoms with E-state index in [0.29, 0.717) is 40.3 Å². The maximum atomic E-state index is 13.9. The van der Waals surface area contributed by atoms with Gasteiger partial charge in [-0.15, -0.1) is 0 Å². The predicted molar refractivity (Wildman–Crippen MR) is 121 cm³/mol. The summed E-state index contributed by atoms with van der Waals surface area (Å²) >= 11 is 0. The molecule has 0 aliphatic carbocycles. The van der Waals surface area contributed by atoms with Gasteiger partial charge < -0.3 is 19.5 Å². The molecule has 4 aromatic rings. The van der Waals surface area contributed by atoms with Gasteiger partial charge in [-0.25, -0.2) is 9.37 Å². The molecular formula is C26H20FN3O3. The fraction of sp³-hybridized carbons (Fsp3) is 0.154. The van der Waals surface area contributed by atoms with E-state index in [9.17, 15) is 19.9 Å². The Morgan fingerprint density at radius 3 is 2.79 bits per heavy atom. The van der Waals surface area contributed by atoms with Crippen molar-refractivity contribution < 1.29 is 19.3 Å². The SMILES string of the molecule is C/C(C#N)=C1\c2ccc(Cn3c(CO)nc4c(O)cccc43)cc2COc2cc(F)ccc21. The third kappa shape index (κ3) is 3.51. The molecule has 1 aromatic heterocycles. The van der Waals surface area contributed by atoms with E-state index in [4.69, 9.17) is 4.74 Å². The Balaban J connectivity index is 1.61. The zero-order chi connectivity index (χ0) is 23.1. The number of ether oxygens (including phenoxy) is 1. The first-order valence-electron chi connectivity index (χ1n) is 10.4. The number of fused-ring (bicyclic) bond motifs is 3. The van der Waals surface area contributed by atoms with Crippen LogP contribution >= 0.6 is 0 Å². The number of hydrogen-bond donors (Lipinski definition) is 2. The maximum Gasteiger partial charge on any atom is 0.143 e. The number of rotatable bonds is 3.